The largest absolute Gasteiger partial charge is 0.479 e. The highest BCUT2D eigenvalue weighted by molar-refractivity contribution is 5.73. The van der Waals surface area contributed by atoms with E-state index in [-0.39, 0.29) is 6.61 Å². The Morgan fingerprint density at radius 1 is 1.10 bits per heavy atom. The zero-order chi connectivity index (χ0) is 22.8. The molecule has 9 atom stereocenters. The maximum Gasteiger partial charge on any atom is 0.335 e. The number of rotatable bonds is 6. The van der Waals surface area contributed by atoms with Crippen LogP contribution in [0, 0.1) is 0 Å². The highest BCUT2D eigenvalue weighted by Crippen LogP contribution is 2.30. The number of hydrogen-bond acceptors (Lipinski definition) is 10. The maximum absolute atomic E-state index is 11.7. The molecule has 12 heteroatoms. The fourth-order valence-electron chi connectivity index (χ4n) is 3.43. The first-order valence-corrected chi connectivity index (χ1v) is 9.61. The minimum Gasteiger partial charge on any atom is -0.479 e. The molecule has 0 aliphatic carbocycles. The van der Waals surface area contributed by atoms with Crippen LogP contribution >= 0.6 is 0 Å². The molecule has 12 nitrogen and oxygen atoms in total. The molecule has 2 saturated heterocycles. The number of nitrogens with one attached hydrogen (secondary N) is 1. The summed E-state index contributed by atoms with van der Waals surface area (Å²) in [6.45, 7) is 5.54. The third kappa shape index (κ3) is 5.86. The van der Waals surface area contributed by atoms with E-state index < -0.39 is 79.1 Å². The van der Waals surface area contributed by atoms with E-state index in [1.54, 1.807) is 20.8 Å². The van der Waals surface area contributed by atoms with Crippen LogP contribution in [0.25, 0.3) is 0 Å². The van der Waals surface area contributed by atoms with Crippen LogP contribution in [0.5, 0.6) is 0 Å². The molecule has 0 aromatic carbocycles. The summed E-state index contributed by atoms with van der Waals surface area (Å²) in [5, 5.41) is 52.9. The van der Waals surface area contributed by atoms with Crippen LogP contribution < -0.4 is 5.32 Å². The molecule has 2 fully saturated rings. The van der Waals surface area contributed by atoms with E-state index in [1.165, 1.54) is 6.92 Å². The number of hydrogen-bond donors (Lipinski definition) is 6. The zero-order valence-corrected chi connectivity index (χ0v) is 17.3. The fourth-order valence-corrected chi connectivity index (χ4v) is 3.43. The van der Waals surface area contributed by atoms with Gasteiger partial charge in [0.05, 0.1) is 24.9 Å². The number of aliphatic hydroxyl groups is 4. The van der Waals surface area contributed by atoms with Gasteiger partial charge in [-0.3, -0.25) is 4.79 Å². The summed E-state index contributed by atoms with van der Waals surface area (Å²) < 4.78 is 21.9. The van der Waals surface area contributed by atoms with Crippen LogP contribution in [0.4, 0.5) is 0 Å². The van der Waals surface area contributed by atoms with Gasteiger partial charge in [-0.25, -0.2) is 4.79 Å². The van der Waals surface area contributed by atoms with Crippen molar-refractivity contribution in [1.29, 1.82) is 0 Å². The number of aliphatic hydroxyl groups excluding tert-OH is 4. The van der Waals surface area contributed by atoms with Crippen LogP contribution in [0.15, 0.2) is 0 Å². The van der Waals surface area contributed by atoms with Gasteiger partial charge in [-0.15, -0.1) is 0 Å². The van der Waals surface area contributed by atoms with Gasteiger partial charge in [0.15, 0.2) is 12.4 Å². The second-order valence-corrected chi connectivity index (χ2v) is 8.39. The summed E-state index contributed by atoms with van der Waals surface area (Å²) in [4.78, 5) is 23.2. The van der Waals surface area contributed by atoms with Gasteiger partial charge >= 0.3 is 5.97 Å². The highest BCUT2D eigenvalue weighted by Gasteiger charge is 2.52. The van der Waals surface area contributed by atoms with Gasteiger partial charge in [0.25, 0.3) is 0 Å². The monoisotopic (exact) mass is 437 g/mol. The number of carbonyl (C=O) groups excluding carboxylic acids is 1. The molecule has 2 heterocycles. The Balaban J connectivity index is 2.24. The molecular weight excluding hydrogens is 406 g/mol. The van der Waals surface area contributed by atoms with E-state index in [1.807, 2.05) is 0 Å². The molecule has 0 aromatic rings. The molecule has 174 valence electrons. The molecule has 0 bridgehead atoms. The Morgan fingerprint density at radius 2 is 1.73 bits per heavy atom. The van der Waals surface area contributed by atoms with Crippen LogP contribution in [0.2, 0.25) is 0 Å². The number of carboxylic acid groups (broad SMARTS) is 1. The summed E-state index contributed by atoms with van der Waals surface area (Å²) in [6, 6.07) is -0.875. The molecule has 6 N–H and O–H groups in total. The topological polar surface area (TPSA) is 184 Å². The molecular formula is C18H31NO11. The number of amides is 1. The van der Waals surface area contributed by atoms with Gasteiger partial charge in [0.1, 0.15) is 36.6 Å². The summed E-state index contributed by atoms with van der Waals surface area (Å²) in [5.41, 5.74) is -0.835. The van der Waals surface area contributed by atoms with E-state index in [9.17, 15) is 35.1 Å². The summed E-state index contributed by atoms with van der Waals surface area (Å²) in [6.07, 6.45) is -11.8. The minimum atomic E-state index is -1.71. The van der Waals surface area contributed by atoms with Gasteiger partial charge in [0.2, 0.25) is 5.91 Å². The predicted molar refractivity (Wildman–Crippen MR) is 98.2 cm³/mol. The molecule has 0 radical (unpaired) electrons. The van der Waals surface area contributed by atoms with Gasteiger partial charge in [-0.2, -0.15) is 0 Å². The smallest absolute Gasteiger partial charge is 0.335 e. The predicted octanol–water partition coefficient (Wildman–Crippen LogP) is -2.66. The number of ether oxygens (including phenoxy) is 4. The Kier molecular flexibility index (Phi) is 8.15. The van der Waals surface area contributed by atoms with Gasteiger partial charge in [0, 0.05) is 6.92 Å². The van der Waals surface area contributed by atoms with E-state index in [4.69, 9.17) is 18.9 Å². The van der Waals surface area contributed by atoms with Gasteiger partial charge in [-0.05, 0) is 20.8 Å². The summed E-state index contributed by atoms with van der Waals surface area (Å²) in [7, 11) is 0. The van der Waals surface area contributed by atoms with E-state index in [0.29, 0.717) is 0 Å². The number of aliphatic carboxylic acids is 1. The molecule has 0 spiro atoms. The van der Waals surface area contributed by atoms with Crippen LogP contribution in [-0.4, -0.2) is 111 Å². The highest BCUT2D eigenvalue weighted by atomic mass is 16.7. The Hall–Kier alpha value is -1.38. The van der Waals surface area contributed by atoms with Crippen molar-refractivity contribution in [3.63, 3.8) is 0 Å². The van der Waals surface area contributed by atoms with Crippen LogP contribution in [-0.2, 0) is 28.5 Å². The van der Waals surface area contributed by atoms with Gasteiger partial charge in [-0.1, -0.05) is 0 Å². The van der Waals surface area contributed by atoms with Crippen molar-refractivity contribution in [3.8, 4) is 0 Å². The lowest BCUT2D eigenvalue weighted by molar-refractivity contribution is -0.332. The third-order valence-corrected chi connectivity index (χ3v) is 4.74. The van der Waals surface area contributed by atoms with Crippen molar-refractivity contribution >= 4 is 11.9 Å². The quantitative estimate of drug-likeness (QED) is 0.255. The Labute approximate surface area is 173 Å². The van der Waals surface area contributed by atoms with Crippen molar-refractivity contribution in [2.45, 2.75) is 88.4 Å². The zero-order valence-electron chi connectivity index (χ0n) is 17.3. The lowest BCUT2D eigenvalue weighted by Gasteiger charge is -2.46. The first kappa shape index (κ1) is 24.9. The van der Waals surface area contributed by atoms with Gasteiger partial charge < -0.3 is 49.8 Å². The van der Waals surface area contributed by atoms with Crippen molar-refractivity contribution in [2.75, 3.05) is 13.2 Å². The normalized spacial score (nSPS) is 40.1. The van der Waals surface area contributed by atoms with Crippen molar-refractivity contribution in [1.82, 2.24) is 5.32 Å². The molecule has 30 heavy (non-hydrogen) atoms. The van der Waals surface area contributed by atoms with E-state index in [0.717, 1.165) is 0 Å². The van der Waals surface area contributed by atoms with Crippen LogP contribution in [0.3, 0.4) is 0 Å². The first-order valence-electron chi connectivity index (χ1n) is 9.61. The summed E-state index contributed by atoms with van der Waals surface area (Å²) >= 11 is 0. The third-order valence-electron chi connectivity index (χ3n) is 4.74. The fraction of sp³-hybridized carbons (Fsp3) is 0.889. The summed E-state index contributed by atoms with van der Waals surface area (Å²) in [5.74, 6) is -1.89. The van der Waals surface area contributed by atoms with Crippen molar-refractivity contribution in [2.24, 2.45) is 0 Å². The number of carbonyl (C=O) groups is 2. The SMILES string of the molecule is CC(=O)N[C@@H]1COC(CO)C(O)C1OC1OC(C(=O)O)C(OC(C)(C)C)C(O)C1O. The second-order valence-electron chi connectivity index (χ2n) is 8.39. The molecule has 2 rings (SSSR count). The second kappa shape index (κ2) is 9.83. The molecule has 8 unspecified atom stereocenters. The molecule has 0 saturated carbocycles. The lowest BCUT2D eigenvalue weighted by atomic mass is 9.95. The van der Waals surface area contributed by atoms with Crippen LogP contribution in [0.1, 0.15) is 27.7 Å². The molecule has 2 aliphatic rings. The molecule has 1 amide bonds. The lowest BCUT2D eigenvalue weighted by Crippen LogP contribution is -2.66. The number of carboxylic acids is 1. The minimum absolute atomic E-state index is 0.115. The standard InChI is InChI=1S/C18H31NO11/c1-7(21)19-8-6-27-9(5-20)10(22)13(8)28-17-12(24)11(23)14(30-18(2,3)4)15(29-17)16(25)26/h8-15,17,20,22-24H,5-6H2,1-4H3,(H,19,21)(H,25,26)/t8-,9?,10?,11?,12?,13?,14?,15?,17?/m1/s1. The average Bonchev–Trinajstić information content (AvgIpc) is 2.62. The average molecular weight is 437 g/mol. The Morgan fingerprint density at radius 3 is 2.23 bits per heavy atom. The Bertz CT molecular complexity index is 609. The van der Waals surface area contributed by atoms with Crippen molar-refractivity contribution < 1.29 is 54.1 Å². The first-order chi connectivity index (χ1) is 13.9. The molecule has 2 aliphatic heterocycles. The van der Waals surface area contributed by atoms with E-state index in [2.05, 4.69) is 5.32 Å². The van der Waals surface area contributed by atoms with Crippen molar-refractivity contribution in [3.05, 3.63) is 0 Å². The van der Waals surface area contributed by atoms with E-state index >= 15 is 0 Å². The molecule has 0 aromatic heterocycles. The maximum atomic E-state index is 11.7.